The highest BCUT2D eigenvalue weighted by Crippen LogP contribution is 2.37. The average Bonchev–Trinajstić information content (AvgIpc) is 3.17. The van der Waals surface area contributed by atoms with Crippen LogP contribution in [0.25, 0.3) is 33.3 Å². The summed E-state index contributed by atoms with van der Waals surface area (Å²) in [5.74, 6) is 0. The fraction of sp³-hybridized carbons (Fsp3) is 0. The van der Waals surface area contributed by atoms with Gasteiger partial charge in [0.2, 0.25) is 0 Å². The Kier molecular flexibility index (Phi) is 5.68. The third-order valence-electron chi connectivity index (χ3n) is 4.95. The Morgan fingerprint density at radius 2 is 1.39 bits per heavy atom. The zero-order chi connectivity index (χ0) is 21.4. The SMILES string of the molecule is Clc1ccc(Sc2nc3cc(-c4ccc(-c5ccccc5)cc4)c(Cl)cc3[nH]2)c(Cl)c1. The Hall–Kier alpha value is -2.43. The number of rotatable bonds is 4. The Morgan fingerprint density at radius 1 is 0.677 bits per heavy atom. The van der Waals surface area contributed by atoms with Crippen LogP contribution in [0.1, 0.15) is 0 Å². The first kappa shape index (κ1) is 20.5. The molecule has 0 spiro atoms. The first-order chi connectivity index (χ1) is 15.1. The lowest BCUT2D eigenvalue weighted by molar-refractivity contribution is 1.08. The molecule has 4 aromatic carbocycles. The van der Waals surface area contributed by atoms with Crippen molar-refractivity contribution in [1.29, 1.82) is 0 Å². The van der Waals surface area contributed by atoms with E-state index in [-0.39, 0.29) is 0 Å². The minimum Gasteiger partial charge on any atom is -0.333 e. The van der Waals surface area contributed by atoms with Crippen LogP contribution in [0, 0.1) is 0 Å². The van der Waals surface area contributed by atoms with Crippen LogP contribution in [-0.2, 0) is 0 Å². The van der Waals surface area contributed by atoms with Gasteiger partial charge in [-0.05, 0) is 47.0 Å². The molecule has 0 aliphatic rings. The van der Waals surface area contributed by atoms with E-state index >= 15 is 0 Å². The maximum atomic E-state index is 6.62. The number of fused-ring (bicyclic) bond motifs is 1. The second-order valence-electron chi connectivity index (χ2n) is 7.01. The van der Waals surface area contributed by atoms with Gasteiger partial charge in [0.05, 0.1) is 21.1 Å². The van der Waals surface area contributed by atoms with Crippen LogP contribution in [0.3, 0.4) is 0 Å². The summed E-state index contributed by atoms with van der Waals surface area (Å²) in [4.78, 5) is 8.92. The van der Waals surface area contributed by atoms with E-state index in [0.717, 1.165) is 32.2 Å². The van der Waals surface area contributed by atoms with E-state index in [2.05, 4.69) is 41.4 Å². The highest BCUT2D eigenvalue weighted by atomic mass is 35.5. The molecule has 6 heteroatoms. The van der Waals surface area contributed by atoms with E-state index in [1.165, 1.54) is 22.9 Å². The number of nitrogens with zero attached hydrogens (tertiary/aromatic N) is 1. The first-order valence-electron chi connectivity index (χ1n) is 9.55. The molecule has 5 aromatic rings. The van der Waals surface area contributed by atoms with E-state index < -0.39 is 0 Å². The topological polar surface area (TPSA) is 28.7 Å². The number of nitrogens with one attached hydrogen (secondary N) is 1. The van der Waals surface area contributed by atoms with Gasteiger partial charge in [-0.15, -0.1) is 0 Å². The van der Waals surface area contributed by atoms with E-state index in [0.29, 0.717) is 15.1 Å². The largest absolute Gasteiger partial charge is 0.333 e. The minimum atomic E-state index is 0.593. The second-order valence-corrected chi connectivity index (χ2v) is 9.29. The van der Waals surface area contributed by atoms with Gasteiger partial charge in [0.15, 0.2) is 5.16 Å². The van der Waals surface area contributed by atoms with Crippen LogP contribution in [0.5, 0.6) is 0 Å². The molecule has 0 atom stereocenters. The van der Waals surface area contributed by atoms with Crippen molar-refractivity contribution in [3.8, 4) is 22.3 Å². The fourth-order valence-electron chi connectivity index (χ4n) is 3.41. The van der Waals surface area contributed by atoms with Gasteiger partial charge in [0.1, 0.15) is 0 Å². The number of halogens is 3. The van der Waals surface area contributed by atoms with Crippen molar-refractivity contribution >= 4 is 57.6 Å². The van der Waals surface area contributed by atoms with Gasteiger partial charge in [-0.2, -0.15) is 0 Å². The van der Waals surface area contributed by atoms with Gasteiger partial charge in [-0.1, -0.05) is 101 Å². The van der Waals surface area contributed by atoms with Gasteiger partial charge in [0.25, 0.3) is 0 Å². The van der Waals surface area contributed by atoms with E-state index in [4.69, 9.17) is 39.8 Å². The lowest BCUT2D eigenvalue weighted by Crippen LogP contribution is -1.82. The minimum absolute atomic E-state index is 0.593. The molecule has 0 fully saturated rings. The summed E-state index contributed by atoms with van der Waals surface area (Å²) < 4.78 is 0. The lowest BCUT2D eigenvalue weighted by Gasteiger charge is -2.07. The number of aromatic amines is 1. The number of hydrogen-bond donors (Lipinski definition) is 1. The van der Waals surface area contributed by atoms with E-state index in [1.54, 1.807) is 6.07 Å². The summed E-state index contributed by atoms with van der Waals surface area (Å²) in [6.45, 7) is 0. The smallest absolute Gasteiger partial charge is 0.171 e. The maximum absolute atomic E-state index is 6.62. The highest BCUT2D eigenvalue weighted by molar-refractivity contribution is 7.99. The molecule has 1 aromatic heterocycles. The van der Waals surface area contributed by atoms with E-state index in [9.17, 15) is 0 Å². The molecule has 152 valence electrons. The summed E-state index contributed by atoms with van der Waals surface area (Å²) in [6.07, 6.45) is 0. The first-order valence-corrected chi connectivity index (χ1v) is 11.5. The normalized spacial score (nSPS) is 11.2. The summed E-state index contributed by atoms with van der Waals surface area (Å²) >= 11 is 20.4. The molecule has 0 saturated heterocycles. The molecule has 1 heterocycles. The molecule has 5 rings (SSSR count). The predicted molar refractivity (Wildman–Crippen MR) is 133 cm³/mol. The molecular weight excluding hydrogens is 467 g/mol. The standard InChI is InChI=1S/C25H15Cl3N2S/c26-18-10-11-24(21(28)12-18)31-25-29-22-13-19(20(27)14-23(22)30-25)17-8-6-16(7-9-17)15-4-2-1-3-5-15/h1-14H,(H,29,30). The van der Waals surface area contributed by atoms with Crippen molar-refractivity contribution in [3.63, 3.8) is 0 Å². The summed E-state index contributed by atoms with van der Waals surface area (Å²) in [7, 11) is 0. The Bertz CT molecular complexity index is 1380. The molecule has 2 nitrogen and oxygen atoms in total. The molecule has 0 aliphatic carbocycles. The van der Waals surface area contributed by atoms with Crippen LogP contribution >= 0.6 is 46.6 Å². The molecule has 31 heavy (non-hydrogen) atoms. The van der Waals surface area contributed by atoms with Gasteiger partial charge in [-0.3, -0.25) is 0 Å². The zero-order valence-corrected chi connectivity index (χ0v) is 19.2. The van der Waals surface area contributed by atoms with Gasteiger partial charge < -0.3 is 4.98 Å². The van der Waals surface area contributed by atoms with Crippen molar-refractivity contribution in [2.75, 3.05) is 0 Å². The van der Waals surface area contributed by atoms with Crippen molar-refractivity contribution in [3.05, 3.63) is 100.0 Å². The zero-order valence-electron chi connectivity index (χ0n) is 16.1. The van der Waals surface area contributed by atoms with Crippen molar-refractivity contribution < 1.29 is 0 Å². The average molecular weight is 482 g/mol. The monoisotopic (exact) mass is 480 g/mol. The van der Waals surface area contributed by atoms with Crippen molar-refractivity contribution in [1.82, 2.24) is 9.97 Å². The molecule has 0 saturated carbocycles. The Labute approximate surface area is 199 Å². The maximum Gasteiger partial charge on any atom is 0.171 e. The predicted octanol–water partition coefficient (Wildman–Crippen LogP) is 9.01. The van der Waals surface area contributed by atoms with Crippen LogP contribution in [0.15, 0.2) is 95.0 Å². The third-order valence-corrected chi connectivity index (χ3v) is 6.89. The molecule has 1 N–H and O–H groups in total. The molecule has 0 bridgehead atoms. The number of benzene rings is 4. The van der Waals surface area contributed by atoms with Crippen LogP contribution < -0.4 is 0 Å². The van der Waals surface area contributed by atoms with E-state index in [1.807, 2.05) is 42.5 Å². The molecule has 0 amide bonds. The van der Waals surface area contributed by atoms with Crippen molar-refractivity contribution in [2.45, 2.75) is 10.1 Å². The van der Waals surface area contributed by atoms with Gasteiger partial charge in [0, 0.05) is 15.5 Å². The number of imidazole rings is 1. The Balaban J connectivity index is 1.47. The third kappa shape index (κ3) is 4.32. The highest BCUT2D eigenvalue weighted by Gasteiger charge is 2.12. The quantitative estimate of drug-likeness (QED) is 0.277. The summed E-state index contributed by atoms with van der Waals surface area (Å²) in [5, 5.41) is 2.61. The molecular formula is C25H15Cl3N2S. The molecule has 0 radical (unpaired) electrons. The van der Waals surface area contributed by atoms with Gasteiger partial charge >= 0.3 is 0 Å². The Morgan fingerprint density at radius 3 is 2.13 bits per heavy atom. The van der Waals surface area contributed by atoms with Crippen molar-refractivity contribution in [2.24, 2.45) is 0 Å². The van der Waals surface area contributed by atoms with Crippen LogP contribution in [0.4, 0.5) is 0 Å². The fourth-order valence-corrected chi connectivity index (χ4v) is 5.01. The molecule has 0 aliphatic heterocycles. The molecule has 0 unspecified atom stereocenters. The lowest BCUT2D eigenvalue weighted by atomic mass is 10.00. The summed E-state index contributed by atoms with van der Waals surface area (Å²) in [6, 6.07) is 28.0. The van der Waals surface area contributed by atoms with Crippen LogP contribution in [-0.4, -0.2) is 9.97 Å². The summed E-state index contributed by atoms with van der Waals surface area (Å²) in [5.41, 5.74) is 6.07. The number of aromatic nitrogens is 2. The second kappa shape index (κ2) is 8.60. The van der Waals surface area contributed by atoms with Gasteiger partial charge in [-0.25, -0.2) is 4.98 Å². The number of H-pyrrole nitrogens is 1. The van der Waals surface area contributed by atoms with Crippen LogP contribution in [0.2, 0.25) is 15.1 Å². The number of hydrogen-bond acceptors (Lipinski definition) is 2.